The zero-order chi connectivity index (χ0) is 21.4. The van der Waals surface area contributed by atoms with E-state index in [0.717, 1.165) is 37.7 Å². The molecule has 2 aromatic carbocycles. The van der Waals surface area contributed by atoms with Crippen LogP contribution in [0.15, 0.2) is 78.0 Å². The molecule has 1 N–H and O–H groups in total. The largest absolute Gasteiger partial charge is 0.337 e. The Morgan fingerprint density at radius 2 is 1.87 bits per heavy atom. The molecule has 4 nitrogen and oxygen atoms in total. The first kappa shape index (κ1) is 20.1. The Morgan fingerprint density at radius 3 is 2.71 bits per heavy atom. The van der Waals surface area contributed by atoms with Crippen LogP contribution in [0.25, 0.3) is 20.9 Å². The number of aromatic nitrogens is 1. The summed E-state index contributed by atoms with van der Waals surface area (Å²) < 4.78 is 3.34. The number of benzene rings is 2. The second-order valence-corrected chi connectivity index (χ2v) is 9.72. The lowest BCUT2D eigenvalue weighted by Gasteiger charge is -2.07. The second-order valence-electron chi connectivity index (χ2n) is 7.32. The van der Waals surface area contributed by atoms with E-state index in [0.29, 0.717) is 11.6 Å². The summed E-state index contributed by atoms with van der Waals surface area (Å²) in [6, 6.07) is 20.2. The first-order chi connectivity index (χ1) is 15.1. The molecular weight excluding hydrogens is 446 g/mol. The molecule has 0 aliphatic carbocycles. The van der Waals surface area contributed by atoms with E-state index in [1.54, 1.807) is 16.2 Å². The van der Waals surface area contributed by atoms with Gasteiger partial charge < -0.3 is 9.62 Å². The molecule has 3 heterocycles. The minimum atomic E-state index is 0.0967. The van der Waals surface area contributed by atoms with Crippen LogP contribution in [0.4, 0.5) is 5.69 Å². The third-order valence-corrected chi connectivity index (χ3v) is 7.33. The van der Waals surface area contributed by atoms with Crippen molar-refractivity contribution >= 4 is 46.5 Å². The number of anilines is 1. The van der Waals surface area contributed by atoms with Gasteiger partial charge in [-0.1, -0.05) is 23.7 Å². The third-order valence-electron chi connectivity index (χ3n) is 5.09. The highest BCUT2D eigenvalue weighted by Gasteiger charge is 2.24. The van der Waals surface area contributed by atoms with Crippen LogP contribution in [0, 0.1) is 0 Å². The van der Waals surface area contributed by atoms with Crippen LogP contribution < -0.4 is 4.72 Å². The van der Waals surface area contributed by atoms with Crippen LogP contribution >= 0.6 is 34.9 Å². The number of hydrogen-bond donors (Lipinski definition) is 1. The maximum atomic E-state index is 12.1. The summed E-state index contributed by atoms with van der Waals surface area (Å²) in [5, 5.41) is 0.715. The van der Waals surface area contributed by atoms with Gasteiger partial charge >= 0.3 is 0 Å². The normalized spacial score (nSPS) is 12.8. The summed E-state index contributed by atoms with van der Waals surface area (Å²) in [6.07, 6.45) is 3.69. The van der Waals surface area contributed by atoms with E-state index < -0.39 is 0 Å². The molecule has 0 unspecified atom stereocenters. The van der Waals surface area contributed by atoms with Crippen LogP contribution in [0.3, 0.4) is 0 Å². The van der Waals surface area contributed by atoms with Crippen molar-refractivity contribution in [3.63, 3.8) is 0 Å². The number of carbonyl (C=O) groups excluding carboxylic acids is 1. The molecule has 7 heteroatoms. The quantitative estimate of drug-likeness (QED) is 0.329. The molecule has 1 amide bonds. The molecule has 5 rings (SSSR count). The molecule has 0 saturated carbocycles. The van der Waals surface area contributed by atoms with E-state index in [2.05, 4.69) is 34.0 Å². The first-order valence-electron chi connectivity index (χ1n) is 9.69. The Bertz CT molecular complexity index is 1290. The molecule has 1 aliphatic rings. The van der Waals surface area contributed by atoms with Crippen molar-refractivity contribution in [3.8, 4) is 20.9 Å². The number of halogens is 1. The maximum Gasteiger partial charge on any atom is 0.254 e. The smallest absolute Gasteiger partial charge is 0.254 e. The molecular formula is C24H18ClN3OS2. The average molecular weight is 464 g/mol. The van der Waals surface area contributed by atoms with Gasteiger partial charge in [-0.25, -0.2) is 0 Å². The van der Waals surface area contributed by atoms with Gasteiger partial charge in [0.15, 0.2) is 0 Å². The van der Waals surface area contributed by atoms with Gasteiger partial charge in [0.25, 0.3) is 5.91 Å². The fourth-order valence-corrected chi connectivity index (χ4v) is 5.46. The zero-order valence-corrected chi connectivity index (χ0v) is 19.0. The summed E-state index contributed by atoms with van der Waals surface area (Å²) in [5.41, 5.74) is 5.02. The van der Waals surface area contributed by atoms with Gasteiger partial charge in [-0.3, -0.25) is 9.78 Å². The third kappa shape index (κ3) is 4.19. The zero-order valence-electron chi connectivity index (χ0n) is 16.6. The Balaban J connectivity index is 1.35. The van der Waals surface area contributed by atoms with E-state index in [9.17, 15) is 4.79 Å². The first-order valence-corrected chi connectivity index (χ1v) is 11.7. The summed E-state index contributed by atoms with van der Waals surface area (Å²) in [5.74, 6) is 0.0967. The van der Waals surface area contributed by atoms with Crippen molar-refractivity contribution in [3.05, 3.63) is 89.2 Å². The molecule has 154 valence electrons. The van der Waals surface area contributed by atoms with E-state index in [1.807, 2.05) is 55.8 Å². The van der Waals surface area contributed by atoms with E-state index in [1.165, 1.54) is 16.8 Å². The van der Waals surface area contributed by atoms with Crippen LogP contribution in [-0.4, -0.2) is 22.8 Å². The molecule has 0 saturated heterocycles. The van der Waals surface area contributed by atoms with Gasteiger partial charge in [-0.15, -0.1) is 11.3 Å². The van der Waals surface area contributed by atoms with Crippen LogP contribution in [-0.2, 0) is 6.54 Å². The lowest BCUT2D eigenvalue weighted by Crippen LogP contribution is -2.17. The highest BCUT2D eigenvalue weighted by Crippen LogP contribution is 2.37. The molecule has 4 aromatic rings. The van der Waals surface area contributed by atoms with Crippen LogP contribution in [0.5, 0.6) is 0 Å². The van der Waals surface area contributed by atoms with Crippen LogP contribution in [0.2, 0.25) is 5.02 Å². The number of amides is 1. The number of nitrogens with one attached hydrogen (secondary N) is 1. The number of carbonyl (C=O) groups is 1. The number of nitrogens with zero attached hydrogens (tertiary/aromatic N) is 2. The number of fused-ring (bicyclic) bond motifs is 1. The van der Waals surface area contributed by atoms with Crippen molar-refractivity contribution in [1.82, 2.24) is 9.88 Å². The summed E-state index contributed by atoms with van der Waals surface area (Å²) in [6.45, 7) is 0.669. The number of pyridine rings is 1. The molecule has 0 atom stereocenters. The Hall–Kier alpha value is -2.80. The Kier molecular flexibility index (Phi) is 5.44. The highest BCUT2D eigenvalue weighted by atomic mass is 35.5. The fraction of sp³-hybridized carbons (Fsp3) is 0.0833. The van der Waals surface area contributed by atoms with Crippen molar-refractivity contribution in [1.29, 1.82) is 0 Å². The van der Waals surface area contributed by atoms with E-state index in [4.69, 9.17) is 11.6 Å². The maximum absolute atomic E-state index is 12.1. The van der Waals surface area contributed by atoms with Gasteiger partial charge in [0.1, 0.15) is 0 Å². The van der Waals surface area contributed by atoms with E-state index in [-0.39, 0.29) is 5.91 Å². The number of hydrogen-bond acceptors (Lipinski definition) is 5. The minimum Gasteiger partial charge on any atom is -0.337 e. The molecule has 1 aliphatic heterocycles. The molecule has 0 spiro atoms. The predicted molar refractivity (Wildman–Crippen MR) is 130 cm³/mol. The summed E-state index contributed by atoms with van der Waals surface area (Å²) >= 11 is 9.28. The van der Waals surface area contributed by atoms with Gasteiger partial charge in [0.05, 0.1) is 11.9 Å². The monoisotopic (exact) mass is 463 g/mol. The Labute approximate surface area is 194 Å². The van der Waals surface area contributed by atoms with E-state index >= 15 is 0 Å². The molecule has 0 radical (unpaired) electrons. The summed E-state index contributed by atoms with van der Waals surface area (Å²) in [4.78, 5) is 21.6. The van der Waals surface area contributed by atoms with Crippen LogP contribution in [0.1, 0.15) is 15.9 Å². The van der Waals surface area contributed by atoms with Gasteiger partial charge in [-0.2, -0.15) is 0 Å². The topological polar surface area (TPSA) is 45.2 Å². The fourth-order valence-electron chi connectivity index (χ4n) is 3.55. The van der Waals surface area contributed by atoms with Crippen molar-refractivity contribution < 1.29 is 4.79 Å². The van der Waals surface area contributed by atoms with Gasteiger partial charge in [-0.05, 0) is 71.6 Å². The van der Waals surface area contributed by atoms with Crippen molar-refractivity contribution in [2.45, 2.75) is 11.4 Å². The molecule has 31 heavy (non-hydrogen) atoms. The molecule has 0 fully saturated rings. The lowest BCUT2D eigenvalue weighted by molar-refractivity contribution is 0.0816. The SMILES string of the molecule is CN1Cc2cc(-c3ccc(-c4cncc(NSc5cccc(Cl)c5)c4)s3)ccc2C1=O. The minimum absolute atomic E-state index is 0.0967. The summed E-state index contributed by atoms with van der Waals surface area (Å²) in [7, 11) is 1.84. The van der Waals surface area contributed by atoms with Crippen molar-refractivity contribution in [2.24, 2.45) is 0 Å². The van der Waals surface area contributed by atoms with Crippen molar-refractivity contribution in [2.75, 3.05) is 11.8 Å². The lowest BCUT2D eigenvalue weighted by atomic mass is 10.1. The Morgan fingerprint density at radius 1 is 1.03 bits per heavy atom. The molecule has 0 bridgehead atoms. The van der Waals surface area contributed by atoms with Gasteiger partial charge in [0, 0.05) is 50.6 Å². The molecule has 2 aromatic heterocycles. The highest BCUT2D eigenvalue weighted by molar-refractivity contribution is 8.00. The predicted octanol–water partition coefficient (Wildman–Crippen LogP) is 6.84. The number of rotatable bonds is 5. The average Bonchev–Trinajstić information content (AvgIpc) is 3.38. The van der Waals surface area contributed by atoms with Gasteiger partial charge in [0.2, 0.25) is 0 Å². The standard InChI is InChI=1S/C24H18ClN3OS2/c1-28-14-17-9-15(5-6-21(17)24(28)29)22-7-8-23(30-22)16-10-19(13-26-12-16)27-31-20-4-2-3-18(25)11-20/h2-13,27H,14H2,1H3. The number of thiophene rings is 1. The second kappa shape index (κ2) is 8.38.